The maximum absolute atomic E-state index is 12.4. The summed E-state index contributed by atoms with van der Waals surface area (Å²) < 4.78 is 166. The maximum Gasteiger partial charge on any atom is 0.338 e. The summed E-state index contributed by atoms with van der Waals surface area (Å²) in [5.41, 5.74) is 21.5. The Bertz CT molecular complexity index is 5330. The predicted octanol–water partition coefficient (Wildman–Crippen LogP) is 12.0. The molecule has 0 spiro atoms. The van der Waals surface area contributed by atoms with Crippen molar-refractivity contribution in [2.24, 2.45) is 17.4 Å². The minimum absolute atomic E-state index is 0.154. The summed E-state index contributed by atoms with van der Waals surface area (Å²) in [5.74, 6) is -3.50. The van der Waals surface area contributed by atoms with Crippen molar-refractivity contribution < 1.29 is 84.6 Å². The van der Waals surface area contributed by atoms with Crippen molar-refractivity contribution in [3.05, 3.63) is 279 Å². The van der Waals surface area contributed by atoms with Gasteiger partial charge in [-0.1, -0.05) is 155 Å². The molecule has 4 saturated heterocycles. The SMILES string of the molecule is COC(=O)c1ccccc1C.Cc1cc(F)ccc1F.Cc1ccc(S(=O)(=O)N2CCCC(C(N)=O)C2)cc1.Cc1ccc(S(=O)(=O)N2CCCC2C(=O)O)cc1.Cc1ccc(S(=O)(=O)N2CCCC2C(N)=O)cc1.Cc1ccc(S(=O)(=O)NCCC2=CCC=C2)cc1.Cc1ccc(S(=O)(=O)NCCN2CCOCC2)cc1.Cc1ccccc1CN(C)C. The second-order valence-corrected chi connectivity index (χ2v) is 39.5. The molecule has 0 bridgehead atoms. The average molecular weight is 1800 g/mol. The molecule has 7 N–H and O–H groups in total. The van der Waals surface area contributed by atoms with Gasteiger partial charge in [-0.05, 0) is 228 Å². The molecule has 123 heavy (non-hydrogen) atoms. The van der Waals surface area contributed by atoms with Crippen LogP contribution in [-0.4, -0.2) is 199 Å². The standard InChI is InChI=1S/C14H17NO2S.C13H20N2O3S.C13H18N2O3S.C12H16N2O3S.C12H15NO4S.C10H15N.C9H10O2.C7H6F2/c1-12-6-8-14(9-7-12)18(16,17)15-11-10-13-4-2-3-5-13;1-12-2-4-13(5-3-12)19(16,17)14-6-7-15-8-10-18-11-9-15;1-10-4-6-12(7-5-10)19(17,18)15-8-2-3-11(9-15)13(14)16;1-9-4-6-10(7-5-9)18(16,17)14-8-2-3-11(14)12(13)15;1-9-4-6-10(7-5-9)18(16,17)13-8-2-3-11(13)12(14)15;1-9-6-4-5-7-10(9)8-11(2)3;1-7-5-3-4-6-8(7)9(10)11-2;1-5-4-6(8)2-3-7(5)9/h2,4-9,15H,3,10-11H2,1H3;2-5,14H,6-11H2,1H3;4-7,11H,2-3,8-9H2,1H3,(H2,14,16);4-7,11H,2-3,8H2,1H3,(H2,13,15);4-7,11H,2-3,8H2,1H3,(H,14,15);4-7H,8H2,1-3H3;3-6H,1-2H3;2-4H,1H3. The lowest BCUT2D eigenvalue weighted by molar-refractivity contribution is -0.140. The van der Waals surface area contributed by atoms with Crippen molar-refractivity contribution in [3.63, 3.8) is 0 Å². The van der Waals surface area contributed by atoms with E-state index in [1.165, 1.54) is 51.5 Å². The number of esters is 1. The number of carbonyl (C=O) groups is 4. The largest absolute Gasteiger partial charge is 0.480 e. The fraction of sp³-hybridized carbons (Fsp3) is 0.378. The van der Waals surface area contributed by atoms with Crippen molar-refractivity contribution in [2.75, 3.05) is 93.3 Å². The third-order valence-electron chi connectivity index (χ3n) is 20.2. The number of carboxylic acid groups (broad SMARTS) is 1. The van der Waals surface area contributed by atoms with Crippen LogP contribution in [0.3, 0.4) is 0 Å². The molecular formula is C90H117F2N9O17S5. The summed E-state index contributed by atoms with van der Waals surface area (Å²) in [6.45, 7) is 22.1. The van der Waals surface area contributed by atoms with E-state index in [4.69, 9.17) is 21.3 Å². The monoisotopic (exact) mass is 1790 g/mol. The first-order chi connectivity index (χ1) is 58.1. The zero-order valence-corrected chi connectivity index (χ0v) is 75.8. The van der Waals surface area contributed by atoms with Crippen LogP contribution < -0.4 is 20.9 Å². The molecule has 2 amide bonds. The lowest BCUT2D eigenvalue weighted by atomic mass is 9.99. The summed E-state index contributed by atoms with van der Waals surface area (Å²) in [5, 5.41) is 9.03. The number of nitrogens with one attached hydrogen (secondary N) is 2. The first kappa shape index (κ1) is 102. The lowest BCUT2D eigenvalue weighted by Gasteiger charge is -2.30. The van der Waals surface area contributed by atoms with Gasteiger partial charge in [-0.25, -0.2) is 65.1 Å². The molecule has 0 saturated carbocycles. The highest BCUT2D eigenvalue weighted by molar-refractivity contribution is 7.90. The number of methoxy groups -OCH3 is 1. The van der Waals surface area contributed by atoms with Gasteiger partial charge in [0, 0.05) is 65.4 Å². The van der Waals surface area contributed by atoms with Crippen LogP contribution in [-0.2, 0) is 80.5 Å². The van der Waals surface area contributed by atoms with E-state index in [1.807, 2.05) is 65.8 Å². The number of primary amides is 2. The molecule has 8 aromatic carbocycles. The molecule has 0 radical (unpaired) electrons. The van der Waals surface area contributed by atoms with Gasteiger partial charge >= 0.3 is 11.9 Å². The minimum atomic E-state index is -3.70. The van der Waals surface area contributed by atoms with E-state index in [0.29, 0.717) is 92.2 Å². The van der Waals surface area contributed by atoms with Gasteiger partial charge in [0.15, 0.2) is 0 Å². The van der Waals surface area contributed by atoms with E-state index < -0.39 is 85.8 Å². The second-order valence-electron chi connectivity index (χ2n) is 30.2. The highest BCUT2D eigenvalue weighted by atomic mass is 32.2. The number of rotatable bonds is 22. The third-order valence-corrected chi connectivity index (χ3v) is 28.9. The molecule has 3 unspecified atom stereocenters. The number of halogens is 2. The molecule has 13 rings (SSSR count). The Morgan fingerprint density at radius 1 is 0.512 bits per heavy atom. The Balaban J connectivity index is 0.000000220. The van der Waals surface area contributed by atoms with Gasteiger partial charge in [0.2, 0.25) is 61.9 Å². The predicted molar refractivity (Wildman–Crippen MR) is 474 cm³/mol. The fourth-order valence-corrected chi connectivity index (χ4v) is 19.9. The number of morpholine rings is 1. The molecule has 33 heteroatoms. The highest BCUT2D eigenvalue weighted by Gasteiger charge is 2.41. The number of hydrogen-bond donors (Lipinski definition) is 5. The molecule has 1 aliphatic carbocycles. The third kappa shape index (κ3) is 32.8. The van der Waals surface area contributed by atoms with E-state index in [0.717, 1.165) is 102 Å². The number of aryl methyl sites for hydroxylation is 8. The number of nitrogens with two attached hydrogens (primary N) is 2. The van der Waals surface area contributed by atoms with Crippen LogP contribution in [0.1, 0.15) is 112 Å². The molecule has 4 heterocycles. The topological polar surface area (TPSA) is 370 Å². The summed E-state index contributed by atoms with van der Waals surface area (Å²) in [6, 6.07) is 51.1. The van der Waals surface area contributed by atoms with Gasteiger partial charge in [-0.3, -0.25) is 19.3 Å². The van der Waals surface area contributed by atoms with Gasteiger partial charge in [-0.15, -0.1) is 0 Å². The highest BCUT2D eigenvalue weighted by Crippen LogP contribution is 2.29. The number of carboxylic acids is 1. The molecule has 26 nitrogen and oxygen atoms in total. The van der Waals surface area contributed by atoms with Crippen LogP contribution in [0.15, 0.2) is 236 Å². The van der Waals surface area contributed by atoms with E-state index in [9.17, 15) is 70.0 Å². The molecule has 3 atom stereocenters. The van der Waals surface area contributed by atoms with Gasteiger partial charge in [0.1, 0.15) is 23.7 Å². The Kier molecular flexibility index (Phi) is 40.9. The van der Waals surface area contributed by atoms with Crippen LogP contribution in [0.2, 0.25) is 0 Å². The summed E-state index contributed by atoms with van der Waals surface area (Å²) in [6.07, 6.45) is 11.4. The van der Waals surface area contributed by atoms with Crippen LogP contribution in [0.25, 0.3) is 0 Å². The molecule has 668 valence electrons. The van der Waals surface area contributed by atoms with Crippen molar-refractivity contribution in [1.29, 1.82) is 0 Å². The number of aliphatic carboxylic acids is 1. The fourth-order valence-electron chi connectivity index (χ4n) is 13.0. The number of hydrogen-bond acceptors (Lipinski definition) is 18. The maximum atomic E-state index is 12.4. The van der Waals surface area contributed by atoms with Gasteiger partial charge in [0.05, 0.1) is 56.3 Å². The molecule has 4 fully saturated rings. The van der Waals surface area contributed by atoms with Crippen LogP contribution in [0.4, 0.5) is 8.78 Å². The van der Waals surface area contributed by atoms with Crippen LogP contribution in [0, 0.1) is 72.9 Å². The van der Waals surface area contributed by atoms with Gasteiger partial charge < -0.3 is 30.9 Å². The summed E-state index contributed by atoms with van der Waals surface area (Å²) in [4.78, 5) is 50.2. The summed E-state index contributed by atoms with van der Waals surface area (Å²) in [7, 11) is -12.0. The first-order valence-electron chi connectivity index (χ1n) is 40.2. The van der Waals surface area contributed by atoms with Gasteiger partial charge in [-0.2, -0.15) is 12.9 Å². The van der Waals surface area contributed by atoms with Crippen molar-refractivity contribution >= 4 is 73.9 Å². The van der Waals surface area contributed by atoms with Crippen LogP contribution in [0.5, 0.6) is 0 Å². The lowest BCUT2D eigenvalue weighted by Crippen LogP contribution is -2.44. The molecule has 4 aliphatic heterocycles. The normalized spacial score (nSPS) is 16.8. The minimum Gasteiger partial charge on any atom is -0.480 e. The van der Waals surface area contributed by atoms with E-state index in [-0.39, 0.29) is 45.5 Å². The number of sulfonamides is 5. The van der Waals surface area contributed by atoms with E-state index >= 15 is 0 Å². The Hall–Kier alpha value is -9.59. The number of piperidine rings is 1. The number of benzene rings is 8. The van der Waals surface area contributed by atoms with Crippen molar-refractivity contribution in [3.8, 4) is 0 Å². The van der Waals surface area contributed by atoms with Crippen molar-refractivity contribution in [1.82, 2.24) is 32.2 Å². The second kappa shape index (κ2) is 49.2. The van der Waals surface area contributed by atoms with Crippen molar-refractivity contribution in [2.45, 2.75) is 150 Å². The first-order valence-corrected chi connectivity index (χ1v) is 47.4. The Labute approximate surface area is 725 Å². The number of amides is 2. The van der Waals surface area contributed by atoms with E-state index in [2.05, 4.69) is 81.4 Å². The zero-order chi connectivity index (χ0) is 90.8. The molecule has 5 aliphatic rings. The van der Waals surface area contributed by atoms with Crippen LogP contribution >= 0.6 is 0 Å². The molecule has 8 aromatic rings. The average Bonchev–Trinajstić information content (AvgIpc) is 1.78. The molecular weight excluding hydrogens is 1680 g/mol. The smallest absolute Gasteiger partial charge is 0.338 e. The molecule has 0 aromatic heterocycles. The van der Waals surface area contributed by atoms with Gasteiger partial charge in [0.25, 0.3) is 0 Å². The summed E-state index contributed by atoms with van der Waals surface area (Å²) >= 11 is 0. The number of allylic oxidation sites excluding steroid dienone is 3. The zero-order valence-electron chi connectivity index (χ0n) is 71.7. The Morgan fingerprint density at radius 3 is 1.37 bits per heavy atom. The number of nitrogens with zero attached hydrogens (tertiary/aromatic N) is 5. The Morgan fingerprint density at radius 2 is 0.951 bits per heavy atom. The number of carbonyl (C=O) groups excluding carboxylic acids is 3. The quantitative estimate of drug-likeness (QED) is 0.0393. The number of ether oxygens (including phenoxy) is 2. The van der Waals surface area contributed by atoms with E-state index in [1.54, 1.807) is 115 Å².